The SMILES string of the molecule is CCOc1cccc([C@H](N)C2CC2)c1. The third-order valence-corrected chi connectivity index (χ3v) is 2.68. The molecule has 1 aliphatic carbocycles. The van der Waals surface area contributed by atoms with Crippen LogP contribution >= 0.6 is 0 Å². The summed E-state index contributed by atoms with van der Waals surface area (Å²) in [5, 5.41) is 0. The maximum atomic E-state index is 6.11. The Morgan fingerprint density at radius 2 is 2.29 bits per heavy atom. The third-order valence-electron chi connectivity index (χ3n) is 2.68. The highest BCUT2D eigenvalue weighted by Crippen LogP contribution is 2.39. The molecule has 0 saturated heterocycles. The van der Waals surface area contributed by atoms with E-state index in [4.69, 9.17) is 10.5 Å². The fourth-order valence-corrected chi connectivity index (χ4v) is 1.71. The Kier molecular flexibility index (Phi) is 2.73. The van der Waals surface area contributed by atoms with Crippen LogP contribution in [0.15, 0.2) is 24.3 Å². The molecular formula is C12H17NO. The molecule has 1 fully saturated rings. The van der Waals surface area contributed by atoms with Gasteiger partial charge in [0.2, 0.25) is 0 Å². The Balaban J connectivity index is 2.12. The summed E-state index contributed by atoms with van der Waals surface area (Å²) >= 11 is 0. The number of hydrogen-bond acceptors (Lipinski definition) is 2. The lowest BCUT2D eigenvalue weighted by Crippen LogP contribution is -2.12. The lowest BCUT2D eigenvalue weighted by Gasteiger charge is -2.12. The first-order valence-corrected chi connectivity index (χ1v) is 5.29. The number of hydrogen-bond donors (Lipinski definition) is 1. The summed E-state index contributed by atoms with van der Waals surface area (Å²) in [6.45, 7) is 2.70. The monoisotopic (exact) mass is 191 g/mol. The van der Waals surface area contributed by atoms with E-state index in [1.807, 2.05) is 19.1 Å². The molecule has 0 heterocycles. The normalized spacial score (nSPS) is 17.9. The van der Waals surface area contributed by atoms with Gasteiger partial charge >= 0.3 is 0 Å². The fourth-order valence-electron chi connectivity index (χ4n) is 1.71. The van der Waals surface area contributed by atoms with Crippen LogP contribution in [0, 0.1) is 5.92 Å². The number of ether oxygens (including phenoxy) is 1. The summed E-state index contributed by atoms with van der Waals surface area (Å²) in [6.07, 6.45) is 2.56. The zero-order valence-corrected chi connectivity index (χ0v) is 8.57. The molecule has 1 aromatic carbocycles. The van der Waals surface area contributed by atoms with Gasteiger partial charge < -0.3 is 10.5 Å². The first-order chi connectivity index (χ1) is 6.81. The zero-order chi connectivity index (χ0) is 9.97. The van der Waals surface area contributed by atoms with Gasteiger partial charge in [-0.05, 0) is 43.4 Å². The van der Waals surface area contributed by atoms with Crippen molar-refractivity contribution in [2.75, 3.05) is 6.61 Å². The molecule has 76 valence electrons. The Morgan fingerprint density at radius 3 is 2.93 bits per heavy atom. The molecule has 0 spiro atoms. The molecule has 2 rings (SSSR count). The second-order valence-corrected chi connectivity index (χ2v) is 3.87. The quantitative estimate of drug-likeness (QED) is 0.793. The first-order valence-electron chi connectivity index (χ1n) is 5.29. The number of nitrogens with two attached hydrogens (primary N) is 1. The average molecular weight is 191 g/mol. The Morgan fingerprint density at radius 1 is 1.50 bits per heavy atom. The van der Waals surface area contributed by atoms with Crippen molar-refractivity contribution in [3.8, 4) is 5.75 Å². The summed E-state index contributed by atoms with van der Waals surface area (Å²) in [5.74, 6) is 1.63. The van der Waals surface area contributed by atoms with Crippen LogP contribution in [0.3, 0.4) is 0 Å². The van der Waals surface area contributed by atoms with E-state index in [0.717, 1.165) is 5.75 Å². The van der Waals surface area contributed by atoms with Crippen molar-refractivity contribution in [1.82, 2.24) is 0 Å². The second kappa shape index (κ2) is 4.01. The lowest BCUT2D eigenvalue weighted by molar-refractivity contribution is 0.339. The second-order valence-electron chi connectivity index (χ2n) is 3.87. The van der Waals surface area contributed by atoms with Gasteiger partial charge in [-0.1, -0.05) is 12.1 Å². The van der Waals surface area contributed by atoms with E-state index in [2.05, 4.69) is 12.1 Å². The molecule has 1 aromatic rings. The van der Waals surface area contributed by atoms with Crippen LogP contribution in [-0.4, -0.2) is 6.61 Å². The summed E-state index contributed by atoms with van der Waals surface area (Å²) in [4.78, 5) is 0. The van der Waals surface area contributed by atoms with Gasteiger partial charge in [0.25, 0.3) is 0 Å². The maximum absolute atomic E-state index is 6.11. The van der Waals surface area contributed by atoms with Gasteiger partial charge in [-0.3, -0.25) is 0 Å². The molecule has 2 nitrogen and oxygen atoms in total. The van der Waals surface area contributed by atoms with Crippen molar-refractivity contribution in [3.05, 3.63) is 29.8 Å². The Labute approximate surface area is 85.1 Å². The van der Waals surface area contributed by atoms with Crippen LogP contribution < -0.4 is 10.5 Å². The predicted molar refractivity (Wildman–Crippen MR) is 57.3 cm³/mol. The van der Waals surface area contributed by atoms with E-state index in [1.165, 1.54) is 18.4 Å². The van der Waals surface area contributed by atoms with Crippen molar-refractivity contribution in [1.29, 1.82) is 0 Å². The van der Waals surface area contributed by atoms with Crippen molar-refractivity contribution >= 4 is 0 Å². The molecule has 0 unspecified atom stereocenters. The van der Waals surface area contributed by atoms with Crippen molar-refractivity contribution in [3.63, 3.8) is 0 Å². The van der Waals surface area contributed by atoms with Crippen molar-refractivity contribution in [2.24, 2.45) is 11.7 Å². The summed E-state index contributed by atoms with van der Waals surface area (Å²) in [5.41, 5.74) is 7.32. The number of rotatable bonds is 4. The van der Waals surface area contributed by atoms with Crippen molar-refractivity contribution in [2.45, 2.75) is 25.8 Å². The summed E-state index contributed by atoms with van der Waals surface area (Å²) < 4.78 is 5.44. The van der Waals surface area contributed by atoms with Crippen LogP contribution in [0.1, 0.15) is 31.4 Å². The highest BCUT2D eigenvalue weighted by molar-refractivity contribution is 5.31. The van der Waals surface area contributed by atoms with E-state index >= 15 is 0 Å². The highest BCUT2D eigenvalue weighted by atomic mass is 16.5. The molecule has 1 atom stereocenters. The third kappa shape index (κ3) is 2.07. The Hall–Kier alpha value is -1.02. The lowest BCUT2D eigenvalue weighted by atomic mass is 10.0. The summed E-state index contributed by atoms with van der Waals surface area (Å²) in [6, 6.07) is 8.35. The fraction of sp³-hybridized carbons (Fsp3) is 0.500. The van der Waals surface area contributed by atoms with Gasteiger partial charge in [0.1, 0.15) is 5.75 Å². The van der Waals surface area contributed by atoms with Crippen molar-refractivity contribution < 1.29 is 4.74 Å². The molecule has 2 heteroatoms. The minimum Gasteiger partial charge on any atom is -0.494 e. The molecule has 2 N–H and O–H groups in total. The molecule has 14 heavy (non-hydrogen) atoms. The highest BCUT2D eigenvalue weighted by Gasteiger charge is 2.29. The smallest absolute Gasteiger partial charge is 0.119 e. The Bertz CT molecular complexity index is 307. The van der Waals surface area contributed by atoms with E-state index < -0.39 is 0 Å². The standard InChI is InChI=1S/C12H17NO/c1-2-14-11-5-3-4-10(8-11)12(13)9-6-7-9/h3-5,8-9,12H,2,6-7,13H2,1H3/t12-/m1/s1. The van der Waals surface area contributed by atoms with E-state index in [9.17, 15) is 0 Å². The predicted octanol–water partition coefficient (Wildman–Crippen LogP) is 2.50. The van der Waals surface area contributed by atoms with Gasteiger partial charge in [0.05, 0.1) is 6.61 Å². The molecule has 0 bridgehead atoms. The van der Waals surface area contributed by atoms with Crippen LogP contribution in [0.4, 0.5) is 0 Å². The van der Waals surface area contributed by atoms with Gasteiger partial charge in [-0.25, -0.2) is 0 Å². The minimum atomic E-state index is 0.204. The van der Waals surface area contributed by atoms with Crippen LogP contribution in [0.5, 0.6) is 5.75 Å². The molecule has 0 aromatic heterocycles. The minimum absolute atomic E-state index is 0.204. The average Bonchev–Trinajstić information content (AvgIpc) is 3.01. The van der Waals surface area contributed by atoms with Gasteiger partial charge in [0.15, 0.2) is 0 Å². The van der Waals surface area contributed by atoms with Crippen LogP contribution in [0.2, 0.25) is 0 Å². The molecule has 0 amide bonds. The zero-order valence-electron chi connectivity index (χ0n) is 8.57. The molecule has 1 aliphatic rings. The van der Waals surface area contributed by atoms with E-state index in [0.29, 0.717) is 12.5 Å². The molecule has 1 saturated carbocycles. The molecule has 0 aliphatic heterocycles. The van der Waals surface area contributed by atoms with Gasteiger partial charge in [0, 0.05) is 6.04 Å². The van der Waals surface area contributed by atoms with Gasteiger partial charge in [-0.2, -0.15) is 0 Å². The van der Waals surface area contributed by atoms with E-state index in [1.54, 1.807) is 0 Å². The number of benzene rings is 1. The largest absolute Gasteiger partial charge is 0.494 e. The maximum Gasteiger partial charge on any atom is 0.119 e. The van der Waals surface area contributed by atoms with Crippen LogP contribution in [0.25, 0.3) is 0 Å². The van der Waals surface area contributed by atoms with Crippen LogP contribution in [-0.2, 0) is 0 Å². The topological polar surface area (TPSA) is 35.2 Å². The first kappa shape index (κ1) is 9.53. The molecule has 0 radical (unpaired) electrons. The van der Waals surface area contributed by atoms with E-state index in [-0.39, 0.29) is 6.04 Å². The molecular weight excluding hydrogens is 174 g/mol. The van der Waals surface area contributed by atoms with Gasteiger partial charge in [-0.15, -0.1) is 0 Å². The summed E-state index contributed by atoms with van der Waals surface area (Å²) in [7, 11) is 0.